The van der Waals surface area contributed by atoms with E-state index in [1.807, 2.05) is 19.1 Å². The summed E-state index contributed by atoms with van der Waals surface area (Å²) in [4.78, 5) is 2.53. The van der Waals surface area contributed by atoms with Gasteiger partial charge in [-0.25, -0.2) is 0 Å². The van der Waals surface area contributed by atoms with Crippen molar-refractivity contribution in [1.29, 1.82) is 0 Å². The standard InChI is InChI=1S/C22H29N3O/c1-17-7-8-22(24-23-17)26-14-13-25-11-9-18(10-12-25)15-20-16-21(20)19-5-3-2-4-6-19/h2-8,18,20-21H,9-16H2,1H3/t20-,21+/m1/s1. The first-order valence-electron chi connectivity index (χ1n) is 9.98. The third kappa shape index (κ3) is 4.61. The molecule has 4 rings (SSSR count). The Balaban J connectivity index is 1.13. The molecule has 2 aromatic rings. The number of benzene rings is 1. The first-order chi connectivity index (χ1) is 12.8. The van der Waals surface area contributed by atoms with E-state index in [-0.39, 0.29) is 0 Å². The Hall–Kier alpha value is -1.94. The maximum atomic E-state index is 5.71. The van der Waals surface area contributed by atoms with Crippen LogP contribution < -0.4 is 4.74 Å². The van der Waals surface area contributed by atoms with Crippen LogP contribution in [0, 0.1) is 18.8 Å². The molecule has 4 nitrogen and oxygen atoms in total. The van der Waals surface area contributed by atoms with Gasteiger partial charge in [0.1, 0.15) is 6.61 Å². The van der Waals surface area contributed by atoms with Crippen molar-refractivity contribution in [2.24, 2.45) is 11.8 Å². The fraction of sp³-hybridized carbons (Fsp3) is 0.545. The summed E-state index contributed by atoms with van der Waals surface area (Å²) in [5.74, 6) is 3.30. The molecule has 2 fully saturated rings. The number of hydrogen-bond acceptors (Lipinski definition) is 4. The molecule has 0 spiro atoms. The summed E-state index contributed by atoms with van der Waals surface area (Å²) in [6, 6.07) is 14.9. The number of aromatic nitrogens is 2. The Morgan fingerprint density at radius 2 is 1.85 bits per heavy atom. The highest BCUT2D eigenvalue weighted by Crippen LogP contribution is 2.51. The Kier molecular flexibility index (Phi) is 5.49. The van der Waals surface area contributed by atoms with E-state index in [2.05, 4.69) is 45.4 Å². The molecule has 0 N–H and O–H groups in total. The third-order valence-corrected chi connectivity index (χ3v) is 5.92. The molecule has 26 heavy (non-hydrogen) atoms. The van der Waals surface area contributed by atoms with Crippen molar-refractivity contribution in [3.63, 3.8) is 0 Å². The number of aryl methyl sites for hydroxylation is 1. The van der Waals surface area contributed by atoms with Crippen molar-refractivity contribution < 1.29 is 4.74 Å². The first-order valence-corrected chi connectivity index (χ1v) is 9.98. The van der Waals surface area contributed by atoms with E-state index >= 15 is 0 Å². The van der Waals surface area contributed by atoms with Gasteiger partial charge in [-0.2, -0.15) is 5.10 Å². The Labute approximate surface area is 156 Å². The van der Waals surface area contributed by atoms with E-state index in [1.165, 1.54) is 38.8 Å². The molecule has 0 unspecified atom stereocenters. The summed E-state index contributed by atoms with van der Waals surface area (Å²) in [6.45, 7) is 6.02. The van der Waals surface area contributed by atoms with E-state index in [4.69, 9.17) is 4.74 Å². The molecule has 0 radical (unpaired) electrons. The van der Waals surface area contributed by atoms with E-state index in [9.17, 15) is 0 Å². The molecule has 1 aliphatic heterocycles. The average molecular weight is 351 g/mol. The van der Waals surface area contributed by atoms with Gasteiger partial charge in [-0.15, -0.1) is 5.10 Å². The zero-order valence-electron chi connectivity index (χ0n) is 15.7. The van der Waals surface area contributed by atoms with Crippen LogP contribution in [0.25, 0.3) is 0 Å². The monoisotopic (exact) mass is 351 g/mol. The maximum absolute atomic E-state index is 5.71. The second-order valence-corrected chi connectivity index (χ2v) is 7.90. The van der Waals surface area contributed by atoms with Gasteiger partial charge < -0.3 is 4.74 Å². The summed E-state index contributed by atoms with van der Waals surface area (Å²) in [5, 5.41) is 8.08. The average Bonchev–Trinajstić information content (AvgIpc) is 3.45. The smallest absolute Gasteiger partial charge is 0.233 e. The lowest BCUT2D eigenvalue weighted by atomic mass is 9.90. The SMILES string of the molecule is Cc1ccc(OCCN2CCC(C[C@@H]3C[C@H]3c3ccccc3)CC2)nn1. The van der Waals surface area contributed by atoms with Gasteiger partial charge in [0.25, 0.3) is 0 Å². The minimum absolute atomic E-state index is 0.631. The molecular formula is C22H29N3O. The highest BCUT2D eigenvalue weighted by atomic mass is 16.5. The second-order valence-electron chi connectivity index (χ2n) is 7.90. The van der Waals surface area contributed by atoms with Gasteiger partial charge in [-0.1, -0.05) is 30.3 Å². The van der Waals surface area contributed by atoms with Crippen LogP contribution in [0.2, 0.25) is 0 Å². The van der Waals surface area contributed by atoms with Gasteiger partial charge in [0.15, 0.2) is 0 Å². The molecule has 2 heterocycles. The molecule has 1 saturated carbocycles. The minimum Gasteiger partial charge on any atom is -0.475 e. The molecule has 1 aromatic carbocycles. The highest BCUT2D eigenvalue weighted by Gasteiger charge is 2.39. The second kappa shape index (κ2) is 8.17. The fourth-order valence-electron chi connectivity index (χ4n) is 4.23. The number of piperidine rings is 1. The van der Waals surface area contributed by atoms with Gasteiger partial charge in [0, 0.05) is 12.6 Å². The molecule has 1 saturated heterocycles. The van der Waals surface area contributed by atoms with Crippen molar-refractivity contribution in [3.05, 3.63) is 53.7 Å². The quantitative estimate of drug-likeness (QED) is 0.754. The fourth-order valence-corrected chi connectivity index (χ4v) is 4.23. The van der Waals surface area contributed by atoms with E-state index in [0.29, 0.717) is 12.5 Å². The summed E-state index contributed by atoms with van der Waals surface area (Å²) < 4.78 is 5.71. The van der Waals surface area contributed by atoms with Crippen molar-refractivity contribution >= 4 is 0 Å². The molecule has 1 aliphatic carbocycles. The zero-order chi connectivity index (χ0) is 17.8. The Bertz CT molecular complexity index is 680. The third-order valence-electron chi connectivity index (χ3n) is 5.92. The van der Waals surface area contributed by atoms with Crippen molar-refractivity contribution in [2.45, 2.75) is 38.5 Å². The van der Waals surface area contributed by atoms with E-state index in [0.717, 1.165) is 30.0 Å². The topological polar surface area (TPSA) is 38.2 Å². The van der Waals surface area contributed by atoms with Gasteiger partial charge in [0.2, 0.25) is 5.88 Å². The van der Waals surface area contributed by atoms with Crippen LogP contribution in [0.15, 0.2) is 42.5 Å². The Morgan fingerprint density at radius 3 is 2.58 bits per heavy atom. The zero-order valence-corrected chi connectivity index (χ0v) is 15.7. The highest BCUT2D eigenvalue weighted by molar-refractivity contribution is 5.25. The van der Waals surface area contributed by atoms with Crippen LogP contribution in [-0.4, -0.2) is 41.3 Å². The summed E-state index contributed by atoms with van der Waals surface area (Å²) in [6.07, 6.45) is 5.49. The lowest BCUT2D eigenvalue weighted by Crippen LogP contribution is -2.36. The molecular weight excluding hydrogens is 322 g/mol. The molecule has 2 atom stereocenters. The predicted octanol–water partition coefficient (Wildman–Crippen LogP) is 4.07. The minimum atomic E-state index is 0.631. The predicted molar refractivity (Wildman–Crippen MR) is 103 cm³/mol. The van der Waals surface area contributed by atoms with Crippen molar-refractivity contribution in [2.75, 3.05) is 26.2 Å². The number of nitrogens with zero attached hydrogens (tertiary/aromatic N) is 3. The Morgan fingerprint density at radius 1 is 1.04 bits per heavy atom. The summed E-state index contributed by atoms with van der Waals surface area (Å²) in [5.41, 5.74) is 2.47. The largest absolute Gasteiger partial charge is 0.475 e. The van der Waals surface area contributed by atoms with Gasteiger partial charge in [0.05, 0.1) is 5.69 Å². The molecule has 1 aromatic heterocycles. The molecule has 0 amide bonds. The van der Waals surface area contributed by atoms with E-state index < -0.39 is 0 Å². The molecule has 4 heteroatoms. The number of rotatable bonds is 7. The van der Waals surface area contributed by atoms with Crippen LogP contribution in [0.1, 0.15) is 42.9 Å². The number of hydrogen-bond donors (Lipinski definition) is 0. The maximum Gasteiger partial charge on any atom is 0.233 e. The van der Waals surface area contributed by atoms with Gasteiger partial charge in [-0.3, -0.25) is 4.90 Å². The molecule has 138 valence electrons. The van der Waals surface area contributed by atoms with Crippen molar-refractivity contribution in [1.82, 2.24) is 15.1 Å². The van der Waals surface area contributed by atoms with Crippen LogP contribution in [0.3, 0.4) is 0 Å². The van der Waals surface area contributed by atoms with Crippen LogP contribution in [0.4, 0.5) is 0 Å². The van der Waals surface area contributed by atoms with Crippen molar-refractivity contribution in [3.8, 4) is 5.88 Å². The van der Waals surface area contributed by atoms with Crippen LogP contribution >= 0.6 is 0 Å². The summed E-state index contributed by atoms with van der Waals surface area (Å²) in [7, 11) is 0. The molecule has 0 bridgehead atoms. The first kappa shape index (κ1) is 17.5. The molecule has 2 aliphatic rings. The lowest BCUT2D eigenvalue weighted by Gasteiger charge is -2.31. The lowest BCUT2D eigenvalue weighted by molar-refractivity contribution is 0.147. The summed E-state index contributed by atoms with van der Waals surface area (Å²) >= 11 is 0. The van der Waals surface area contributed by atoms with Crippen LogP contribution in [0.5, 0.6) is 5.88 Å². The normalized spacial score (nSPS) is 23.7. The van der Waals surface area contributed by atoms with Crippen LogP contribution in [-0.2, 0) is 0 Å². The van der Waals surface area contributed by atoms with E-state index in [1.54, 1.807) is 5.56 Å². The number of likely N-dealkylation sites (tertiary alicyclic amines) is 1. The van der Waals surface area contributed by atoms with Gasteiger partial charge >= 0.3 is 0 Å². The van der Waals surface area contributed by atoms with Gasteiger partial charge in [-0.05, 0) is 75.1 Å². The number of ether oxygens (including phenoxy) is 1.